The molecule has 1 atom stereocenters. The van der Waals surface area contributed by atoms with Crippen LogP contribution in [0.4, 0.5) is 5.69 Å². The van der Waals surface area contributed by atoms with E-state index >= 15 is 0 Å². The molecule has 0 amide bonds. The van der Waals surface area contributed by atoms with Gasteiger partial charge in [0, 0.05) is 28.6 Å². The van der Waals surface area contributed by atoms with Crippen LogP contribution in [-0.4, -0.2) is 37.0 Å². The van der Waals surface area contributed by atoms with E-state index in [1.807, 2.05) is 6.07 Å². The fraction of sp³-hybridized carbons (Fsp3) is 0.214. The molecule has 0 saturated heterocycles. The van der Waals surface area contributed by atoms with E-state index < -0.39 is 16.5 Å². The van der Waals surface area contributed by atoms with Gasteiger partial charge in [-0.3, -0.25) is 14.9 Å². The summed E-state index contributed by atoms with van der Waals surface area (Å²) in [7, 11) is 0. The van der Waals surface area contributed by atoms with Crippen LogP contribution in [0.5, 0.6) is 0 Å². The molecule has 0 unspecified atom stereocenters. The van der Waals surface area contributed by atoms with Crippen LogP contribution in [0.15, 0.2) is 58.5 Å². The lowest BCUT2D eigenvalue weighted by atomic mass is 9.86. The van der Waals surface area contributed by atoms with E-state index in [9.17, 15) is 24.8 Å². The van der Waals surface area contributed by atoms with Crippen LogP contribution >= 0.6 is 0 Å². The van der Waals surface area contributed by atoms with E-state index in [1.165, 1.54) is 18.3 Å². The number of rotatable bonds is 5. The molecular weight excluding hydrogens is 504 g/mol. The summed E-state index contributed by atoms with van der Waals surface area (Å²) in [5.41, 5.74) is 2.93. The number of oxime groups is 1. The molecule has 0 bridgehead atoms. The van der Waals surface area contributed by atoms with E-state index in [0.29, 0.717) is 28.9 Å². The Morgan fingerprint density at radius 2 is 1.95 bits per heavy atom. The standard InChI is InChI=1S/C28H22N4O7/c1-2-28(35)22-11-24-25-20(13-31(24)26(33)21(22)14-39-27(28)34)18(9-15-3-6-17(7-4-15)32(37)38)19-10-16(12-29-36)5-8-23(19)30-25/h3-8,10-12,35-36H,2,9,13-14H2,1H3/t28-/m0/s1. The lowest BCUT2D eigenvalue weighted by Gasteiger charge is -2.31. The molecule has 11 nitrogen and oxygen atoms in total. The smallest absolute Gasteiger partial charge is 0.343 e. The Kier molecular flexibility index (Phi) is 5.54. The SMILES string of the molecule is CC[C@@]1(O)C(=O)OCc2c1cc1n(c2=O)Cc2c-1nc1ccc(C=NO)cc1c2Cc1ccc([N+](=O)[O-])cc1. The maximum Gasteiger partial charge on any atom is 0.343 e. The fourth-order valence-electron chi connectivity index (χ4n) is 5.47. The Morgan fingerprint density at radius 1 is 1.18 bits per heavy atom. The van der Waals surface area contributed by atoms with Crippen molar-refractivity contribution in [3.63, 3.8) is 0 Å². The summed E-state index contributed by atoms with van der Waals surface area (Å²) < 4.78 is 6.73. The van der Waals surface area contributed by atoms with Crippen molar-refractivity contribution in [2.45, 2.75) is 38.5 Å². The summed E-state index contributed by atoms with van der Waals surface area (Å²) in [6, 6.07) is 13.3. The minimum absolute atomic E-state index is 0.0188. The highest BCUT2D eigenvalue weighted by Gasteiger charge is 2.45. The maximum atomic E-state index is 13.6. The Balaban J connectivity index is 1.59. The van der Waals surface area contributed by atoms with Crippen LogP contribution in [0.25, 0.3) is 22.3 Å². The normalized spacial score (nSPS) is 17.6. The van der Waals surface area contributed by atoms with Gasteiger partial charge in [-0.1, -0.05) is 30.3 Å². The number of carbonyl (C=O) groups excluding carboxylic acids is 1. The molecule has 0 fully saturated rings. The van der Waals surface area contributed by atoms with E-state index in [-0.39, 0.29) is 41.9 Å². The lowest BCUT2D eigenvalue weighted by molar-refractivity contribution is -0.384. The van der Waals surface area contributed by atoms with Crippen molar-refractivity contribution in [3.8, 4) is 11.4 Å². The number of nitro groups is 1. The van der Waals surface area contributed by atoms with Gasteiger partial charge in [-0.25, -0.2) is 9.78 Å². The number of carbonyl (C=O) groups is 1. The first-order valence-electron chi connectivity index (χ1n) is 12.3. The zero-order valence-electron chi connectivity index (χ0n) is 20.7. The van der Waals surface area contributed by atoms with Gasteiger partial charge in [0.15, 0.2) is 5.60 Å². The molecule has 196 valence electrons. The molecule has 0 spiro atoms. The number of hydrogen-bond acceptors (Lipinski definition) is 9. The predicted molar refractivity (Wildman–Crippen MR) is 140 cm³/mol. The summed E-state index contributed by atoms with van der Waals surface area (Å²) in [6.45, 7) is 1.64. The van der Waals surface area contributed by atoms with Crippen molar-refractivity contribution in [3.05, 3.63) is 102 Å². The molecule has 4 aromatic rings. The second-order valence-electron chi connectivity index (χ2n) is 9.64. The van der Waals surface area contributed by atoms with Crippen LogP contribution in [0.3, 0.4) is 0 Å². The Morgan fingerprint density at radius 3 is 2.64 bits per heavy atom. The molecule has 2 aromatic carbocycles. The molecule has 39 heavy (non-hydrogen) atoms. The highest BCUT2D eigenvalue weighted by molar-refractivity contribution is 5.93. The summed E-state index contributed by atoms with van der Waals surface area (Å²) in [6.07, 6.45) is 1.74. The number of pyridine rings is 2. The molecule has 2 aliphatic heterocycles. The average molecular weight is 527 g/mol. The third-order valence-corrected chi connectivity index (χ3v) is 7.56. The highest BCUT2D eigenvalue weighted by Crippen LogP contribution is 2.40. The monoisotopic (exact) mass is 526 g/mol. The molecule has 6 rings (SSSR count). The number of esters is 1. The van der Waals surface area contributed by atoms with Crippen LogP contribution in [0.1, 0.15) is 46.7 Å². The van der Waals surface area contributed by atoms with Gasteiger partial charge in [0.25, 0.3) is 11.2 Å². The Bertz CT molecular complexity index is 1790. The molecule has 0 radical (unpaired) electrons. The first kappa shape index (κ1) is 24.4. The number of cyclic esters (lactones) is 1. The molecule has 4 heterocycles. The number of fused-ring (bicyclic) bond motifs is 5. The minimum Gasteiger partial charge on any atom is -0.458 e. The van der Waals surface area contributed by atoms with Crippen molar-refractivity contribution in [1.29, 1.82) is 0 Å². The quantitative estimate of drug-likeness (QED) is 0.116. The van der Waals surface area contributed by atoms with Crippen LogP contribution < -0.4 is 5.56 Å². The topological polar surface area (TPSA) is 157 Å². The zero-order valence-corrected chi connectivity index (χ0v) is 20.7. The summed E-state index contributed by atoms with van der Waals surface area (Å²) in [5.74, 6) is -0.788. The average Bonchev–Trinajstić information content (AvgIpc) is 3.30. The Labute approximate surface area is 220 Å². The summed E-state index contributed by atoms with van der Waals surface area (Å²) in [5, 5.41) is 35.2. The number of benzene rings is 2. The third kappa shape index (κ3) is 3.69. The number of nitro benzene ring substituents is 1. The van der Waals surface area contributed by atoms with E-state index in [2.05, 4.69) is 5.16 Å². The van der Waals surface area contributed by atoms with Crippen LogP contribution in [0.2, 0.25) is 0 Å². The predicted octanol–water partition coefficient (Wildman–Crippen LogP) is 3.39. The largest absolute Gasteiger partial charge is 0.458 e. The molecule has 2 aliphatic rings. The van der Waals surface area contributed by atoms with Gasteiger partial charge in [0.2, 0.25) is 0 Å². The van der Waals surface area contributed by atoms with Crippen LogP contribution in [-0.2, 0) is 34.7 Å². The van der Waals surface area contributed by atoms with E-state index in [1.54, 1.807) is 41.8 Å². The first-order chi connectivity index (χ1) is 18.7. The maximum absolute atomic E-state index is 13.6. The zero-order chi connectivity index (χ0) is 27.5. The number of non-ortho nitro benzene ring substituents is 1. The van der Waals surface area contributed by atoms with Gasteiger partial charge in [-0.2, -0.15) is 0 Å². The minimum atomic E-state index is -1.93. The summed E-state index contributed by atoms with van der Waals surface area (Å²) in [4.78, 5) is 41.6. The van der Waals surface area contributed by atoms with Crippen molar-refractivity contribution in [1.82, 2.24) is 9.55 Å². The van der Waals surface area contributed by atoms with Gasteiger partial charge in [0.1, 0.15) is 6.61 Å². The first-order valence-corrected chi connectivity index (χ1v) is 12.3. The van der Waals surface area contributed by atoms with Gasteiger partial charge in [-0.15, -0.1) is 0 Å². The molecule has 0 saturated carbocycles. The number of ether oxygens (including phenoxy) is 1. The van der Waals surface area contributed by atoms with Crippen molar-refractivity contribution < 1.29 is 24.8 Å². The van der Waals surface area contributed by atoms with Crippen molar-refractivity contribution in [2.24, 2.45) is 5.16 Å². The van der Waals surface area contributed by atoms with Crippen molar-refractivity contribution in [2.75, 3.05) is 0 Å². The third-order valence-electron chi connectivity index (χ3n) is 7.56. The van der Waals surface area contributed by atoms with Gasteiger partial charge >= 0.3 is 5.97 Å². The van der Waals surface area contributed by atoms with E-state index in [4.69, 9.17) is 14.9 Å². The number of hydrogen-bond donors (Lipinski definition) is 2. The van der Waals surface area contributed by atoms with Gasteiger partial charge < -0.3 is 19.6 Å². The second-order valence-corrected chi connectivity index (χ2v) is 9.64. The fourth-order valence-corrected chi connectivity index (χ4v) is 5.47. The van der Waals surface area contributed by atoms with Gasteiger partial charge in [0.05, 0.1) is 40.2 Å². The van der Waals surface area contributed by atoms with Crippen molar-refractivity contribution >= 4 is 28.8 Å². The molecule has 2 aromatic heterocycles. The Hall–Kier alpha value is -4.90. The van der Waals surface area contributed by atoms with Gasteiger partial charge in [-0.05, 0) is 47.7 Å². The number of nitrogens with zero attached hydrogens (tertiary/aromatic N) is 4. The number of aromatic nitrogens is 2. The van der Waals surface area contributed by atoms with E-state index in [0.717, 1.165) is 22.1 Å². The highest BCUT2D eigenvalue weighted by atomic mass is 16.6. The molecule has 0 aliphatic carbocycles. The number of aliphatic hydroxyl groups is 1. The molecular formula is C28H22N4O7. The molecule has 11 heteroatoms. The summed E-state index contributed by atoms with van der Waals surface area (Å²) >= 11 is 0. The lowest BCUT2D eigenvalue weighted by Crippen LogP contribution is -2.44. The second kappa shape index (κ2) is 8.84. The molecule has 2 N–H and O–H groups in total. The van der Waals surface area contributed by atoms with Crippen LogP contribution in [0, 0.1) is 10.1 Å².